The van der Waals surface area contributed by atoms with Gasteiger partial charge in [0.15, 0.2) is 0 Å². The Balaban J connectivity index is 1.65. The number of thiophene rings is 1. The maximum atomic E-state index is 13.5. The Bertz CT molecular complexity index is 879. The number of carbonyl (C=O) groups is 1. The first-order chi connectivity index (χ1) is 12.7. The lowest BCUT2D eigenvalue weighted by molar-refractivity contribution is -0.128. The molecule has 2 bridgehead atoms. The first kappa shape index (κ1) is 18.9. The van der Waals surface area contributed by atoms with Gasteiger partial charge in [-0.15, -0.1) is 0 Å². The standard InChI is InChI=1S/C20H25NO4S2/c1-19(2)16-5-7-20(19,18(22)10-16)14-27(23,24)21(11-15-6-9-26-13-15)12-17-4-3-8-25-17/h3-4,6,8-9,13,16H,5,7,10-12,14H2,1-2H3/t16-,20+/m0/s1. The summed E-state index contributed by atoms with van der Waals surface area (Å²) in [6.07, 6.45) is 3.69. The number of ketones is 1. The van der Waals surface area contributed by atoms with Crippen molar-refractivity contribution >= 4 is 27.1 Å². The third-order valence-corrected chi connectivity index (χ3v) is 9.45. The SMILES string of the molecule is CC1(C)[C@H]2CC[C@@]1(CS(=O)(=O)N(Cc1ccsc1)Cc1ccco1)C(=O)C2. The molecule has 2 aliphatic rings. The summed E-state index contributed by atoms with van der Waals surface area (Å²) >= 11 is 1.54. The van der Waals surface area contributed by atoms with Crippen LogP contribution in [0.5, 0.6) is 0 Å². The van der Waals surface area contributed by atoms with Gasteiger partial charge in [-0.2, -0.15) is 15.6 Å². The number of Topliss-reactive ketones (excluding diaryl/α,β-unsaturated/α-hetero) is 1. The van der Waals surface area contributed by atoms with Gasteiger partial charge >= 0.3 is 0 Å². The maximum Gasteiger partial charge on any atom is 0.215 e. The summed E-state index contributed by atoms with van der Waals surface area (Å²) in [7, 11) is -3.65. The lowest BCUT2D eigenvalue weighted by Crippen LogP contribution is -2.46. The van der Waals surface area contributed by atoms with Crippen LogP contribution < -0.4 is 0 Å². The highest BCUT2D eigenvalue weighted by Crippen LogP contribution is 2.64. The molecule has 0 unspecified atom stereocenters. The fourth-order valence-corrected chi connectivity index (χ4v) is 7.74. The Hall–Kier alpha value is -1.44. The molecule has 27 heavy (non-hydrogen) atoms. The van der Waals surface area contributed by atoms with Gasteiger partial charge in [0.05, 0.1) is 18.6 Å². The molecule has 0 N–H and O–H groups in total. The molecule has 2 saturated carbocycles. The topological polar surface area (TPSA) is 67.6 Å². The van der Waals surface area contributed by atoms with Crippen LogP contribution in [0, 0.1) is 16.7 Å². The van der Waals surface area contributed by atoms with Gasteiger partial charge in [-0.1, -0.05) is 13.8 Å². The van der Waals surface area contributed by atoms with E-state index in [0.29, 0.717) is 31.1 Å². The third-order valence-electron chi connectivity index (χ3n) is 6.81. The fourth-order valence-electron chi connectivity index (χ4n) is 4.93. The molecule has 5 nitrogen and oxygen atoms in total. The molecule has 2 fully saturated rings. The first-order valence-electron chi connectivity index (χ1n) is 9.29. The predicted octanol–water partition coefficient (Wildman–Crippen LogP) is 4.07. The van der Waals surface area contributed by atoms with E-state index in [2.05, 4.69) is 13.8 Å². The van der Waals surface area contributed by atoms with Gasteiger partial charge in [-0.3, -0.25) is 4.79 Å². The molecule has 2 heterocycles. The number of rotatable bonds is 7. The van der Waals surface area contributed by atoms with Crippen LogP contribution in [0.4, 0.5) is 0 Å². The molecule has 2 atom stereocenters. The minimum Gasteiger partial charge on any atom is -0.468 e. The van der Waals surface area contributed by atoms with E-state index in [9.17, 15) is 13.2 Å². The van der Waals surface area contributed by atoms with Crippen LogP contribution >= 0.6 is 11.3 Å². The normalized spacial score (nSPS) is 26.9. The second-order valence-corrected chi connectivity index (χ2v) is 11.2. The molecule has 2 aromatic rings. The number of hydrogen-bond acceptors (Lipinski definition) is 5. The zero-order valence-corrected chi connectivity index (χ0v) is 17.3. The van der Waals surface area contributed by atoms with Crippen LogP contribution in [-0.4, -0.2) is 24.3 Å². The van der Waals surface area contributed by atoms with E-state index in [4.69, 9.17) is 4.42 Å². The van der Waals surface area contributed by atoms with Gasteiger partial charge in [0.25, 0.3) is 0 Å². The zero-order valence-electron chi connectivity index (χ0n) is 15.7. The highest BCUT2D eigenvalue weighted by Gasteiger charge is 2.65. The summed E-state index contributed by atoms with van der Waals surface area (Å²) in [5.41, 5.74) is -0.0726. The van der Waals surface area contributed by atoms with Gasteiger partial charge in [-0.25, -0.2) is 8.42 Å². The van der Waals surface area contributed by atoms with Crippen molar-refractivity contribution in [2.24, 2.45) is 16.7 Å². The van der Waals surface area contributed by atoms with Crippen molar-refractivity contribution in [1.29, 1.82) is 0 Å². The predicted molar refractivity (Wildman–Crippen MR) is 105 cm³/mol. The lowest BCUT2D eigenvalue weighted by Gasteiger charge is -2.37. The van der Waals surface area contributed by atoms with Crippen LogP contribution in [0.2, 0.25) is 0 Å². The molecular formula is C20H25NO4S2. The Morgan fingerprint density at radius 3 is 2.67 bits per heavy atom. The van der Waals surface area contributed by atoms with Crippen LogP contribution in [0.15, 0.2) is 39.6 Å². The molecule has 146 valence electrons. The van der Waals surface area contributed by atoms with Crippen molar-refractivity contribution in [1.82, 2.24) is 4.31 Å². The van der Waals surface area contributed by atoms with E-state index in [1.165, 1.54) is 4.31 Å². The second-order valence-electron chi connectivity index (χ2n) is 8.40. The summed E-state index contributed by atoms with van der Waals surface area (Å²) in [5.74, 6) is 0.928. The Labute approximate surface area is 164 Å². The third kappa shape index (κ3) is 3.09. The summed E-state index contributed by atoms with van der Waals surface area (Å²) in [4.78, 5) is 12.8. The summed E-state index contributed by atoms with van der Waals surface area (Å²) in [5, 5.41) is 3.90. The van der Waals surface area contributed by atoms with Crippen molar-refractivity contribution in [3.05, 3.63) is 46.5 Å². The molecular weight excluding hydrogens is 382 g/mol. The van der Waals surface area contributed by atoms with Crippen LogP contribution in [0.3, 0.4) is 0 Å². The molecule has 0 aromatic carbocycles. The van der Waals surface area contributed by atoms with Crippen LogP contribution in [0.1, 0.15) is 44.4 Å². The number of furan rings is 1. The second kappa shape index (κ2) is 6.57. The molecule has 2 aromatic heterocycles. The maximum absolute atomic E-state index is 13.5. The summed E-state index contributed by atoms with van der Waals surface area (Å²) < 4.78 is 33.9. The fraction of sp³-hybridized carbons (Fsp3) is 0.550. The van der Waals surface area contributed by atoms with Gasteiger partial charge in [0, 0.05) is 18.4 Å². The number of carbonyl (C=O) groups excluding carboxylic acids is 1. The van der Waals surface area contributed by atoms with E-state index in [-0.39, 0.29) is 23.5 Å². The van der Waals surface area contributed by atoms with Crippen molar-refractivity contribution in [2.45, 2.75) is 46.2 Å². The van der Waals surface area contributed by atoms with E-state index >= 15 is 0 Å². The minimum atomic E-state index is -3.65. The largest absolute Gasteiger partial charge is 0.468 e. The van der Waals surface area contributed by atoms with E-state index in [1.54, 1.807) is 29.7 Å². The van der Waals surface area contributed by atoms with E-state index < -0.39 is 15.4 Å². The van der Waals surface area contributed by atoms with Gasteiger partial charge in [0.1, 0.15) is 11.5 Å². The van der Waals surface area contributed by atoms with Crippen molar-refractivity contribution in [2.75, 3.05) is 5.75 Å². The lowest BCUT2D eigenvalue weighted by atomic mass is 9.70. The highest BCUT2D eigenvalue weighted by atomic mass is 32.2. The quantitative estimate of drug-likeness (QED) is 0.694. The molecule has 7 heteroatoms. The van der Waals surface area contributed by atoms with Crippen LogP contribution in [-0.2, 0) is 27.9 Å². The molecule has 0 spiro atoms. The number of fused-ring (bicyclic) bond motifs is 2. The van der Waals surface area contributed by atoms with E-state index in [1.807, 2.05) is 16.8 Å². The van der Waals surface area contributed by atoms with Crippen molar-refractivity contribution < 1.29 is 17.6 Å². The monoisotopic (exact) mass is 407 g/mol. The number of nitrogens with zero attached hydrogens (tertiary/aromatic N) is 1. The van der Waals surface area contributed by atoms with Gasteiger partial charge in [-0.05, 0) is 58.7 Å². The average molecular weight is 408 g/mol. The molecule has 2 aliphatic carbocycles. The smallest absolute Gasteiger partial charge is 0.215 e. The van der Waals surface area contributed by atoms with Crippen molar-refractivity contribution in [3.63, 3.8) is 0 Å². The Morgan fingerprint density at radius 1 is 1.30 bits per heavy atom. The van der Waals surface area contributed by atoms with Crippen molar-refractivity contribution in [3.8, 4) is 0 Å². The molecule has 0 amide bonds. The summed E-state index contributed by atoms with van der Waals surface area (Å²) in [6.45, 7) is 4.61. The number of sulfonamides is 1. The molecule has 4 rings (SSSR count). The average Bonchev–Trinajstić information content (AvgIpc) is 3.35. The number of hydrogen-bond donors (Lipinski definition) is 0. The van der Waals surface area contributed by atoms with E-state index in [0.717, 1.165) is 12.0 Å². The first-order valence-corrected chi connectivity index (χ1v) is 11.8. The highest BCUT2D eigenvalue weighted by molar-refractivity contribution is 7.89. The van der Waals surface area contributed by atoms with Crippen LogP contribution in [0.25, 0.3) is 0 Å². The zero-order chi connectivity index (χ0) is 19.3. The minimum absolute atomic E-state index is 0.104. The van der Waals surface area contributed by atoms with Gasteiger partial charge in [0.2, 0.25) is 10.0 Å². The molecule has 0 radical (unpaired) electrons. The Kier molecular flexibility index (Phi) is 4.60. The van der Waals surface area contributed by atoms with Gasteiger partial charge < -0.3 is 4.42 Å². The molecule has 0 aliphatic heterocycles. The molecule has 0 saturated heterocycles. The Morgan fingerprint density at radius 2 is 2.11 bits per heavy atom. The summed E-state index contributed by atoms with van der Waals surface area (Å²) in [6, 6.07) is 5.48.